The van der Waals surface area contributed by atoms with Crippen LogP contribution in [0, 0.1) is 0 Å². The molecule has 0 bridgehead atoms. The van der Waals surface area contributed by atoms with Gasteiger partial charge in [-0.05, 0) is 74.4 Å². The van der Waals surface area contributed by atoms with E-state index in [1.807, 2.05) is 38.1 Å². The molecule has 3 aromatic carbocycles. The van der Waals surface area contributed by atoms with E-state index < -0.39 is 28.5 Å². The first-order valence-corrected chi connectivity index (χ1v) is 15.4. The van der Waals surface area contributed by atoms with Crippen LogP contribution in [0.25, 0.3) is 0 Å². The second kappa shape index (κ2) is 14.4. The van der Waals surface area contributed by atoms with E-state index in [9.17, 15) is 18.0 Å². The SMILES string of the molecule is CC[C@H](C)NC(=O)[C@@H](C)N(Cc1cccc(Br)c1)C(=O)CN(c1ccccc1OC)S(=O)(=O)c1ccc(OC)cc1. The van der Waals surface area contributed by atoms with E-state index in [1.165, 1.54) is 43.4 Å². The Balaban J connectivity index is 2.07. The molecule has 0 aliphatic heterocycles. The molecule has 0 spiro atoms. The Morgan fingerprint density at radius 1 is 0.951 bits per heavy atom. The molecule has 11 heteroatoms. The van der Waals surface area contributed by atoms with E-state index in [0.29, 0.717) is 5.75 Å². The molecular weight excluding hydrogens is 610 g/mol. The fourth-order valence-corrected chi connectivity index (χ4v) is 5.98. The molecule has 0 fully saturated rings. The summed E-state index contributed by atoms with van der Waals surface area (Å²) < 4.78 is 40.5. The maximum absolute atomic E-state index is 14.1. The van der Waals surface area contributed by atoms with E-state index in [2.05, 4.69) is 21.2 Å². The first kappa shape index (κ1) is 32.0. The average Bonchev–Trinajstić information content (AvgIpc) is 2.98. The van der Waals surface area contributed by atoms with Crippen LogP contribution in [0.4, 0.5) is 5.69 Å². The summed E-state index contributed by atoms with van der Waals surface area (Å²) in [5, 5.41) is 2.93. The highest BCUT2D eigenvalue weighted by atomic mass is 79.9. The number of carbonyl (C=O) groups is 2. The summed E-state index contributed by atoms with van der Waals surface area (Å²) >= 11 is 3.45. The zero-order valence-corrected chi connectivity index (χ0v) is 26.2. The molecule has 0 aliphatic carbocycles. The second-order valence-electron chi connectivity index (χ2n) is 9.50. The third-order valence-electron chi connectivity index (χ3n) is 6.69. The van der Waals surface area contributed by atoms with Crippen LogP contribution in [-0.4, -0.2) is 58.0 Å². The number of methoxy groups -OCH3 is 2. The maximum Gasteiger partial charge on any atom is 0.264 e. The van der Waals surface area contributed by atoms with E-state index in [1.54, 1.807) is 31.2 Å². The monoisotopic (exact) mass is 645 g/mol. The smallest absolute Gasteiger partial charge is 0.264 e. The van der Waals surface area contributed by atoms with E-state index >= 15 is 0 Å². The molecule has 9 nitrogen and oxygen atoms in total. The van der Waals surface area contributed by atoms with Crippen molar-refractivity contribution in [1.82, 2.24) is 10.2 Å². The lowest BCUT2D eigenvalue weighted by Crippen LogP contribution is -2.52. The molecule has 41 heavy (non-hydrogen) atoms. The van der Waals surface area contributed by atoms with Crippen LogP contribution in [0.3, 0.4) is 0 Å². The van der Waals surface area contributed by atoms with Crippen molar-refractivity contribution < 1.29 is 27.5 Å². The van der Waals surface area contributed by atoms with E-state index in [0.717, 1.165) is 20.8 Å². The minimum atomic E-state index is -4.25. The molecular formula is C30H36BrN3O6S. The highest BCUT2D eigenvalue weighted by Crippen LogP contribution is 2.33. The number of nitrogens with one attached hydrogen (secondary N) is 1. The van der Waals surface area contributed by atoms with Crippen molar-refractivity contribution >= 4 is 43.5 Å². The van der Waals surface area contributed by atoms with Crippen molar-refractivity contribution in [3.8, 4) is 11.5 Å². The Morgan fingerprint density at radius 2 is 1.63 bits per heavy atom. The van der Waals surface area contributed by atoms with Gasteiger partial charge in [0.05, 0.1) is 24.8 Å². The molecule has 0 saturated carbocycles. The third-order valence-corrected chi connectivity index (χ3v) is 8.96. The van der Waals surface area contributed by atoms with Gasteiger partial charge in [-0.1, -0.05) is 47.1 Å². The quantitative estimate of drug-likeness (QED) is 0.281. The second-order valence-corrected chi connectivity index (χ2v) is 12.3. The van der Waals surface area contributed by atoms with Crippen molar-refractivity contribution in [2.75, 3.05) is 25.1 Å². The number of carbonyl (C=O) groups excluding carboxylic acids is 2. The van der Waals surface area contributed by atoms with Gasteiger partial charge in [0.25, 0.3) is 10.0 Å². The number of nitrogens with zero attached hydrogens (tertiary/aromatic N) is 2. The molecule has 0 unspecified atom stereocenters. The number of hydrogen-bond donors (Lipinski definition) is 1. The van der Waals surface area contributed by atoms with Crippen molar-refractivity contribution in [2.45, 2.75) is 50.7 Å². The minimum absolute atomic E-state index is 0.0295. The van der Waals surface area contributed by atoms with E-state index in [-0.39, 0.29) is 34.8 Å². The number of sulfonamides is 1. The summed E-state index contributed by atoms with van der Waals surface area (Å²) in [6.45, 7) is 5.00. The molecule has 3 rings (SSSR count). The van der Waals surface area contributed by atoms with Crippen LogP contribution in [-0.2, 0) is 26.2 Å². The summed E-state index contributed by atoms with van der Waals surface area (Å²) in [5.74, 6) is -0.118. The van der Waals surface area contributed by atoms with Gasteiger partial charge in [0.1, 0.15) is 24.1 Å². The molecule has 0 aromatic heterocycles. The summed E-state index contributed by atoms with van der Waals surface area (Å²) in [6, 6.07) is 18.9. The van der Waals surface area contributed by atoms with Gasteiger partial charge < -0.3 is 19.7 Å². The summed E-state index contributed by atoms with van der Waals surface area (Å²) in [5.41, 5.74) is 0.969. The number of para-hydroxylation sites is 2. The van der Waals surface area contributed by atoms with Gasteiger partial charge in [0.2, 0.25) is 11.8 Å². The number of amides is 2. The molecule has 1 N–H and O–H groups in total. The summed E-state index contributed by atoms with van der Waals surface area (Å²) in [6.07, 6.45) is 0.722. The molecule has 2 amide bonds. The van der Waals surface area contributed by atoms with Crippen molar-refractivity contribution in [2.24, 2.45) is 0 Å². The number of halogens is 1. The van der Waals surface area contributed by atoms with Gasteiger partial charge in [-0.15, -0.1) is 0 Å². The molecule has 2 atom stereocenters. The van der Waals surface area contributed by atoms with Crippen molar-refractivity contribution in [3.05, 3.63) is 82.8 Å². The zero-order valence-electron chi connectivity index (χ0n) is 23.8. The van der Waals surface area contributed by atoms with Crippen LogP contribution in [0.5, 0.6) is 11.5 Å². The zero-order chi connectivity index (χ0) is 30.2. The number of anilines is 1. The van der Waals surface area contributed by atoms with Crippen molar-refractivity contribution in [1.29, 1.82) is 0 Å². The van der Waals surface area contributed by atoms with Gasteiger partial charge in [-0.2, -0.15) is 0 Å². The molecule has 3 aromatic rings. The normalized spacial score (nSPS) is 12.6. The number of rotatable bonds is 13. The number of hydrogen-bond acceptors (Lipinski definition) is 6. The predicted octanol–water partition coefficient (Wildman–Crippen LogP) is 4.99. The largest absolute Gasteiger partial charge is 0.497 e. The fraction of sp³-hybridized carbons (Fsp3) is 0.333. The van der Waals surface area contributed by atoms with Crippen LogP contribution in [0.1, 0.15) is 32.8 Å². The van der Waals surface area contributed by atoms with Gasteiger partial charge in [0, 0.05) is 17.1 Å². The average molecular weight is 647 g/mol. The number of benzene rings is 3. The van der Waals surface area contributed by atoms with Gasteiger partial charge in [0.15, 0.2) is 0 Å². The van der Waals surface area contributed by atoms with Gasteiger partial charge in [-0.3, -0.25) is 13.9 Å². The Hall–Kier alpha value is -3.57. The lowest BCUT2D eigenvalue weighted by molar-refractivity contribution is -0.139. The molecule has 220 valence electrons. The molecule has 0 radical (unpaired) electrons. The maximum atomic E-state index is 14.1. The Bertz CT molecular complexity index is 1450. The van der Waals surface area contributed by atoms with Crippen LogP contribution in [0.2, 0.25) is 0 Å². The summed E-state index contributed by atoms with van der Waals surface area (Å²) in [4.78, 5) is 28.6. The Labute approximate surface area is 250 Å². The van der Waals surface area contributed by atoms with Crippen molar-refractivity contribution in [3.63, 3.8) is 0 Å². The molecule has 0 saturated heterocycles. The first-order valence-electron chi connectivity index (χ1n) is 13.2. The van der Waals surface area contributed by atoms with Crippen LogP contribution < -0.4 is 19.1 Å². The standard InChI is InChI=1S/C30H36BrN3O6S/c1-6-21(2)32-30(36)22(3)33(19-23-10-9-11-24(31)18-23)29(35)20-34(27-12-7-8-13-28(27)40-5)41(37,38)26-16-14-25(39-4)15-17-26/h7-18,21-22H,6,19-20H2,1-5H3,(H,32,36)/t21-,22+/m0/s1. The van der Waals surface area contributed by atoms with Gasteiger partial charge >= 0.3 is 0 Å². The highest BCUT2D eigenvalue weighted by Gasteiger charge is 2.34. The lowest BCUT2D eigenvalue weighted by atomic mass is 10.1. The fourth-order valence-electron chi connectivity index (χ4n) is 4.10. The minimum Gasteiger partial charge on any atom is -0.497 e. The highest BCUT2D eigenvalue weighted by molar-refractivity contribution is 9.10. The topological polar surface area (TPSA) is 105 Å². The predicted molar refractivity (Wildman–Crippen MR) is 163 cm³/mol. The molecule has 0 aliphatic rings. The Morgan fingerprint density at radius 3 is 2.24 bits per heavy atom. The van der Waals surface area contributed by atoms with Crippen LogP contribution in [0.15, 0.2) is 82.2 Å². The third kappa shape index (κ3) is 8.01. The van der Waals surface area contributed by atoms with E-state index in [4.69, 9.17) is 9.47 Å². The van der Waals surface area contributed by atoms with Crippen LogP contribution >= 0.6 is 15.9 Å². The Kier molecular flexibility index (Phi) is 11.2. The summed E-state index contributed by atoms with van der Waals surface area (Å²) in [7, 11) is -1.33. The lowest BCUT2D eigenvalue weighted by Gasteiger charge is -2.32. The number of ether oxygens (including phenoxy) is 2. The first-order chi connectivity index (χ1) is 19.5. The van der Waals surface area contributed by atoms with Gasteiger partial charge in [-0.25, -0.2) is 8.42 Å². The molecule has 0 heterocycles.